The largest absolute Gasteiger partial charge is 0.494 e. The molecule has 1 aliphatic rings. The van der Waals surface area contributed by atoms with Gasteiger partial charge in [0.15, 0.2) is 0 Å². The van der Waals surface area contributed by atoms with Crippen LogP contribution in [0.25, 0.3) is 44.5 Å². The second-order valence-corrected chi connectivity index (χ2v) is 11.1. The molecule has 1 fully saturated rings. The fourth-order valence-electron chi connectivity index (χ4n) is 4.94. The zero-order valence-corrected chi connectivity index (χ0v) is 22.8. The van der Waals surface area contributed by atoms with Crippen molar-refractivity contribution in [1.82, 2.24) is 9.97 Å². The Balaban J connectivity index is 1.39. The van der Waals surface area contributed by atoms with E-state index < -0.39 is 7.12 Å². The van der Waals surface area contributed by atoms with E-state index in [0.29, 0.717) is 0 Å². The van der Waals surface area contributed by atoms with Crippen molar-refractivity contribution in [2.24, 2.45) is 0 Å². The highest BCUT2D eigenvalue weighted by Gasteiger charge is 2.51. The quantitative estimate of drug-likeness (QED) is 0.231. The summed E-state index contributed by atoms with van der Waals surface area (Å²) in [7, 11) is -0.391. The molecule has 0 radical (unpaired) electrons. The summed E-state index contributed by atoms with van der Waals surface area (Å²) < 4.78 is 12.6. The van der Waals surface area contributed by atoms with Gasteiger partial charge in [0.2, 0.25) is 0 Å². The van der Waals surface area contributed by atoms with Gasteiger partial charge in [0.1, 0.15) is 0 Å². The second-order valence-electron chi connectivity index (χ2n) is 11.1. The Morgan fingerprint density at radius 2 is 0.846 bits per heavy atom. The van der Waals surface area contributed by atoms with Crippen LogP contribution in [0.2, 0.25) is 0 Å². The molecular formula is C34H31BN2O2. The van der Waals surface area contributed by atoms with Crippen molar-refractivity contribution in [1.29, 1.82) is 0 Å². The van der Waals surface area contributed by atoms with Gasteiger partial charge >= 0.3 is 7.12 Å². The lowest BCUT2D eigenvalue weighted by Crippen LogP contribution is -2.41. The second kappa shape index (κ2) is 9.92. The lowest BCUT2D eigenvalue weighted by Gasteiger charge is -2.32. The standard InChI is InChI=1S/C34H31BN2O2/c1-33(2)34(3,4)39-35(38-33)32-10-6-9-28(23-32)26-7-5-8-27(19-26)31-21-29(24-11-15-36-16-12-24)20-30(22-31)25-13-17-37-18-14-25/h5-23H,1-4H3. The van der Waals surface area contributed by atoms with Crippen LogP contribution in [-0.4, -0.2) is 28.3 Å². The zero-order valence-electron chi connectivity index (χ0n) is 22.8. The van der Waals surface area contributed by atoms with E-state index in [4.69, 9.17) is 9.31 Å². The van der Waals surface area contributed by atoms with E-state index in [1.165, 1.54) is 0 Å². The highest BCUT2D eigenvalue weighted by Crippen LogP contribution is 2.37. The summed E-state index contributed by atoms with van der Waals surface area (Å²) in [6, 6.07) is 32.1. The molecular weight excluding hydrogens is 479 g/mol. The number of rotatable bonds is 5. The van der Waals surface area contributed by atoms with Crippen LogP contribution in [0, 0.1) is 0 Å². The SMILES string of the molecule is CC1(C)OB(c2cccc(-c3cccc(-c4cc(-c5ccncc5)cc(-c5ccncc5)c4)c3)c2)OC1(C)C. The lowest BCUT2D eigenvalue weighted by atomic mass is 9.78. The van der Waals surface area contributed by atoms with Crippen molar-refractivity contribution in [2.45, 2.75) is 38.9 Å². The van der Waals surface area contributed by atoms with Crippen LogP contribution in [0.15, 0.2) is 116 Å². The molecule has 39 heavy (non-hydrogen) atoms. The average Bonchev–Trinajstić information content (AvgIpc) is 3.20. The summed E-state index contributed by atoms with van der Waals surface area (Å²) in [4.78, 5) is 8.41. The minimum Gasteiger partial charge on any atom is -0.399 e. The number of hydrogen-bond acceptors (Lipinski definition) is 4. The Kier molecular flexibility index (Phi) is 6.42. The van der Waals surface area contributed by atoms with Gasteiger partial charge in [-0.2, -0.15) is 0 Å². The first kappa shape index (κ1) is 25.2. The Hall–Kier alpha value is -4.06. The molecule has 5 heteroatoms. The summed E-state index contributed by atoms with van der Waals surface area (Å²) in [5.74, 6) is 0. The summed E-state index contributed by atoms with van der Waals surface area (Å²) >= 11 is 0. The van der Waals surface area contributed by atoms with Crippen LogP contribution in [0.4, 0.5) is 0 Å². The first-order chi connectivity index (χ1) is 18.8. The third kappa shape index (κ3) is 5.03. The van der Waals surface area contributed by atoms with E-state index in [9.17, 15) is 0 Å². The van der Waals surface area contributed by atoms with E-state index in [1.807, 2.05) is 49.1 Å². The monoisotopic (exact) mass is 510 g/mol. The molecule has 4 nitrogen and oxygen atoms in total. The molecule has 0 aliphatic carbocycles. The first-order valence-electron chi connectivity index (χ1n) is 13.3. The number of nitrogens with zero attached hydrogens (tertiary/aromatic N) is 2. The topological polar surface area (TPSA) is 44.2 Å². The van der Waals surface area contributed by atoms with E-state index in [0.717, 1.165) is 50.0 Å². The lowest BCUT2D eigenvalue weighted by molar-refractivity contribution is 0.00578. The Labute approximate surface area is 230 Å². The van der Waals surface area contributed by atoms with Gasteiger partial charge in [-0.25, -0.2) is 0 Å². The van der Waals surface area contributed by atoms with Crippen molar-refractivity contribution in [2.75, 3.05) is 0 Å². The van der Waals surface area contributed by atoms with Crippen LogP contribution in [0.5, 0.6) is 0 Å². The van der Waals surface area contributed by atoms with Gasteiger partial charge in [-0.1, -0.05) is 42.5 Å². The summed E-state index contributed by atoms with van der Waals surface area (Å²) in [6.07, 6.45) is 7.34. The molecule has 0 N–H and O–H groups in total. The first-order valence-corrected chi connectivity index (χ1v) is 13.3. The predicted octanol–water partition coefficient (Wildman–Crippen LogP) is 7.44. The van der Waals surface area contributed by atoms with Crippen LogP contribution >= 0.6 is 0 Å². The number of benzene rings is 3. The number of hydrogen-bond donors (Lipinski definition) is 0. The summed E-state index contributed by atoms with van der Waals surface area (Å²) in [5, 5.41) is 0. The molecule has 0 spiro atoms. The molecule has 3 heterocycles. The minimum atomic E-state index is -0.391. The fraction of sp³-hybridized carbons (Fsp3) is 0.176. The molecule has 0 bridgehead atoms. The molecule has 192 valence electrons. The van der Waals surface area contributed by atoms with Crippen LogP contribution in [0.3, 0.4) is 0 Å². The van der Waals surface area contributed by atoms with Gasteiger partial charge < -0.3 is 9.31 Å². The molecule has 3 aromatic carbocycles. The van der Waals surface area contributed by atoms with Crippen LogP contribution < -0.4 is 5.46 Å². The third-order valence-corrected chi connectivity index (χ3v) is 7.90. The maximum Gasteiger partial charge on any atom is 0.494 e. The van der Waals surface area contributed by atoms with Gasteiger partial charge in [-0.05, 0) is 126 Å². The average molecular weight is 510 g/mol. The van der Waals surface area contributed by atoms with Crippen molar-refractivity contribution in [3.63, 3.8) is 0 Å². The van der Waals surface area contributed by atoms with Gasteiger partial charge in [0, 0.05) is 24.8 Å². The number of pyridine rings is 2. The van der Waals surface area contributed by atoms with Crippen LogP contribution in [0.1, 0.15) is 27.7 Å². The van der Waals surface area contributed by atoms with Crippen LogP contribution in [-0.2, 0) is 9.31 Å². The molecule has 0 amide bonds. The molecule has 2 aromatic heterocycles. The van der Waals surface area contributed by atoms with E-state index in [1.54, 1.807) is 0 Å². The molecule has 1 saturated heterocycles. The van der Waals surface area contributed by atoms with Gasteiger partial charge in [0.25, 0.3) is 0 Å². The van der Waals surface area contributed by atoms with Gasteiger partial charge in [0.05, 0.1) is 11.2 Å². The van der Waals surface area contributed by atoms with Gasteiger partial charge in [-0.3, -0.25) is 9.97 Å². The fourth-order valence-corrected chi connectivity index (χ4v) is 4.94. The van der Waals surface area contributed by atoms with E-state index in [2.05, 4.69) is 104 Å². The predicted molar refractivity (Wildman–Crippen MR) is 159 cm³/mol. The van der Waals surface area contributed by atoms with Crippen molar-refractivity contribution in [3.05, 3.63) is 116 Å². The summed E-state index contributed by atoms with van der Waals surface area (Å²) in [5.41, 5.74) is 9.41. The Morgan fingerprint density at radius 3 is 1.36 bits per heavy atom. The van der Waals surface area contributed by atoms with Crippen molar-refractivity contribution in [3.8, 4) is 44.5 Å². The van der Waals surface area contributed by atoms with E-state index >= 15 is 0 Å². The molecule has 0 atom stereocenters. The minimum absolute atomic E-state index is 0.375. The Bertz CT molecular complexity index is 1540. The smallest absolute Gasteiger partial charge is 0.399 e. The van der Waals surface area contributed by atoms with E-state index in [-0.39, 0.29) is 11.2 Å². The normalized spacial score (nSPS) is 15.8. The van der Waals surface area contributed by atoms with Crippen molar-refractivity contribution < 1.29 is 9.31 Å². The summed E-state index contributed by atoms with van der Waals surface area (Å²) in [6.45, 7) is 8.34. The third-order valence-electron chi connectivity index (χ3n) is 7.90. The zero-order chi connectivity index (χ0) is 27.0. The van der Waals surface area contributed by atoms with Crippen molar-refractivity contribution >= 4 is 12.6 Å². The highest BCUT2D eigenvalue weighted by molar-refractivity contribution is 6.62. The maximum atomic E-state index is 6.31. The highest BCUT2D eigenvalue weighted by atomic mass is 16.7. The molecule has 0 saturated carbocycles. The number of aromatic nitrogens is 2. The molecule has 0 unspecified atom stereocenters. The van der Waals surface area contributed by atoms with Gasteiger partial charge in [-0.15, -0.1) is 0 Å². The Morgan fingerprint density at radius 1 is 0.462 bits per heavy atom. The molecule has 5 aromatic rings. The molecule has 1 aliphatic heterocycles. The molecule has 6 rings (SSSR count). The maximum absolute atomic E-state index is 6.31.